The molecule has 1 saturated heterocycles. The maximum Gasteiger partial charge on any atom is 0.433 e. The van der Waals surface area contributed by atoms with Gasteiger partial charge in [0.15, 0.2) is 0 Å². The number of anilines is 2. The highest BCUT2D eigenvalue weighted by atomic mass is 79.9. The molecular formula is C16H17BrF3N5. The predicted molar refractivity (Wildman–Crippen MR) is 92.6 cm³/mol. The molecule has 9 heteroatoms. The van der Waals surface area contributed by atoms with E-state index in [2.05, 4.69) is 35.8 Å². The summed E-state index contributed by atoms with van der Waals surface area (Å²) in [4.78, 5) is 15.9. The van der Waals surface area contributed by atoms with E-state index in [0.29, 0.717) is 6.54 Å². The molecule has 2 aromatic rings. The number of nitrogens with zero attached hydrogens (tertiary/aromatic N) is 5. The summed E-state index contributed by atoms with van der Waals surface area (Å²) in [5, 5.41) is 0. The second-order valence-corrected chi connectivity index (χ2v) is 6.76. The average Bonchev–Trinajstić information content (AvgIpc) is 2.61. The van der Waals surface area contributed by atoms with Crippen LogP contribution in [-0.2, 0) is 6.18 Å². The van der Waals surface area contributed by atoms with Crippen molar-refractivity contribution < 1.29 is 13.2 Å². The number of likely N-dealkylation sites (N-methyl/N-ethyl adjacent to an activating group) is 1. The maximum absolute atomic E-state index is 12.9. The fraction of sp³-hybridized carbons (Fsp3) is 0.438. The third-order valence-electron chi connectivity index (χ3n) is 4.23. The van der Waals surface area contributed by atoms with Crippen LogP contribution in [0.4, 0.5) is 24.9 Å². The first-order valence-electron chi connectivity index (χ1n) is 7.85. The fourth-order valence-electron chi connectivity index (χ4n) is 2.91. The minimum Gasteiger partial charge on any atom is -0.354 e. The van der Waals surface area contributed by atoms with Gasteiger partial charge in [-0.1, -0.05) is 0 Å². The summed E-state index contributed by atoms with van der Waals surface area (Å²) in [7, 11) is 1.73. The lowest BCUT2D eigenvalue weighted by Gasteiger charge is -2.38. The predicted octanol–water partition coefficient (Wildman–Crippen LogP) is 3.76. The number of halogens is 4. The van der Waals surface area contributed by atoms with Gasteiger partial charge in [-0.05, 0) is 47.0 Å². The van der Waals surface area contributed by atoms with Crippen LogP contribution < -0.4 is 9.80 Å². The van der Waals surface area contributed by atoms with E-state index in [1.807, 2.05) is 12.1 Å². The van der Waals surface area contributed by atoms with Crippen molar-refractivity contribution in [2.45, 2.75) is 25.1 Å². The normalized spacial score (nSPS) is 18.3. The van der Waals surface area contributed by atoms with Gasteiger partial charge in [0, 0.05) is 38.6 Å². The molecule has 1 atom stereocenters. The number of alkyl halides is 3. The summed E-state index contributed by atoms with van der Waals surface area (Å²) in [6.07, 6.45) is 0.172. The van der Waals surface area contributed by atoms with Gasteiger partial charge in [-0.25, -0.2) is 15.0 Å². The molecule has 0 N–H and O–H groups in total. The number of aromatic nitrogens is 3. The molecule has 0 bridgehead atoms. The van der Waals surface area contributed by atoms with Gasteiger partial charge in [0.05, 0.1) is 4.47 Å². The molecule has 1 aliphatic rings. The highest BCUT2D eigenvalue weighted by Crippen LogP contribution is 2.30. The second kappa shape index (κ2) is 7.15. The first kappa shape index (κ1) is 17.9. The molecule has 134 valence electrons. The van der Waals surface area contributed by atoms with E-state index >= 15 is 0 Å². The van der Waals surface area contributed by atoms with Gasteiger partial charge in [0.25, 0.3) is 0 Å². The Labute approximate surface area is 152 Å². The van der Waals surface area contributed by atoms with Crippen molar-refractivity contribution in [2.24, 2.45) is 0 Å². The second-order valence-electron chi connectivity index (χ2n) is 5.90. The van der Waals surface area contributed by atoms with E-state index in [0.717, 1.165) is 41.9 Å². The van der Waals surface area contributed by atoms with E-state index < -0.39 is 11.9 Å². The van der Waals surface area contributed by atoms with Crippen LogP contribution in [-0.4, -0.2) is 41.1 Å². The molecule has 3 rings (SSSR count). The summed E-state index contributed by atoms with van der Waals surface area (Å²) in [5.41, 5.74) is -0.926. The minimum absolute atomic E-state index is 0.00568. The van der Waals surface area contributed by atoms with E-state index in [9.17, 15) is 13.2 Å². The number of hydrogen-bond donors (Lipinski definition) is 0. The Balaban J connectivity index is 1.79. The zero-order chi connectivity index (χ0) is 18.0. The monoisotopic (exact) mass is 415 g/mol. The van der Waals surface area contributed by atoms with Gasteiger partial charge in [-0.2, -0.15) is 13.2 Å². The van der Waals surface area contributed by atoms with E-state index in [-0.39, 0.29) is 12.0 Å². The summed E-state index contributed by atoms with van der Waals surface area (Å²) < 4.78 is 39.5. The highest BCUT2D eigenvalue weighted by Gasteiger charge is 2.34. The molecule has 0 spiro atoms. The van der Waals surface area contributed by atoms with Crippen LogP contribution in [0.25, 0.3) is 0 Å². The summed E-state index contributed by atoms with van der Waals surface area (Å²) >= 11 is 3.50. The molecule has 0 saturated carbocycles. The van der Waals surface area contributed by atoms with Crippen LogP contribution in [0.3, 0.4) is 0 Å². The fourth-order valence-corrected chi connectivity index (χ4v) is 3.42. The quantitative estimate of drug-likeness (QED) is 0.763. The van der Waals surface area contributed by atoms with Crippen molar-refractivity contribution >= 4 is 27.7 Å². The lowest BCUT2D eigenvalue weighted by Crippen LogP contribution is -2.47. The molecule has 5 nitrogen and oxygen atoms in total. The van der Waals surface area contributed by atoms with E-state index in [1.165, 1.54) is 0 Å². The molecule has 1 unspecified atom stereocenters. The lowest BCUT2D eigenvalue weighted by molar-refractivity contribution is -0.141. The molecule has 0 amide bonds. The molecule has 0 aliphatic carbocycles. The van der Waals surface area contributed by atoms with Gasteiger partial charge in [0.2, 0.25) is 5.95 Å². The zero-order valence-corrected chi connectivity index (χ0v) is 15.1. The van der Waals surface area contributed by atoms with E-state index in [4.69, 9.17) is 0 Å². The molecule has 0 radical (unpaired) electrons. The summed E-state index contributed by atoms with van der Waals surface area (Å²) in [5.74, 6) is 0.923. The number of pyridine rings is 1. The van der Waals surface area contributed by atoms with Gasteiger partial charge in [-0.15, -0.1) is 0 Å². The zero-order valence-electron chi connectivity index (χ0n) is 13.5. The van der Waals surface area contributed by atoms with Crippen LogP contribution in [0.5, 0.6) is 0 Å². The molecule has 0 aromatic carbocycles. The van der Waals surface area contributed by atoms with E-state index in [1.54, 1.807) is 18.1 Å². The lowest BCUT2D eigenvalue weighted by atomic mass is 10.0. The topological polar surface area (TPSA) is 45.2 Å². The highest BCUT2D eigenvalue weighted by molar-refractivity contribution is 9.10. The molecule has 1 aliphatic heterocycles. The molecular weight excluding hydrogens is 399 g/mol. The smallest absolute Gasteiger partial charge is 0.354 e. The van der Waals surface area contributed by atoms with Crippen molar-refractivity contribution in [1.29, 1.82) is 0 Å². The molecule has 1 fully saturated rings. The minimum atomic E-state index is -4.48. The Morgan fingerprint density at radius 3 is 2.76 bits per heavy atom. The van der Waals surface area contributed by atoms with Crippen LogP contribution in [0.2, 0.25) is 0 Å². The van der Waals surface area contributed by atoms with Crippen LogP contribution in [0, 0.1) is 0 Å². The Morgan fingerprint density at radius 1 is 1.24 bits per heavy atom. The van der Waals surface area contributed by atoms with Gasteiger partial charge in [0.1, 0.15) is 11.5 Å². The Morgan fingerprint density at radius 2 is 2.04 bits per heavy atom. The van der Waals surface area contributed by atoms with Crippen molar-refractivity contribution in [2.75, 3.05) is 29.9 Å². The average molecular weight is 416 g/mol. The van der Waals surface area contributed by atoms with Gasteiger partial charge >= 0.3 is 6.18 Å². The Hall–Kier alpha value is -1.90. The molecule has 3 heterocycles. The first-order chi connectivity index (χ1) is 11.9. The Bertz CT molecular complexity index is 740. The van der Waals surface area contributed by atoms with Crippen LogP contribution >= 0.6 is 15.9 Å². The largest absolute Gasteiger partial charge is 0.433 e. The van der Waals surface area contributed by atoms with Crippen molar-refractivity contribution in [1.82, 2.24) is 15.0 Å². The van der Waals surface area contributed by atoms with Crippen molar-refractivity contribution in [3.8, 4) is 0 Å². The summed E-state index contributed by atoms with van der Waals surface area (Å²) in [6, 6.07) is 4.66. The first-order valence-corrected chi connectivity index (χ1v) is 8.64. The number of hydrogen-bond acceptors (Lipinski definition) is 5. The standard InChI is InChI=1S/C16H17BrF3N5/c1-24(15-22-8-6-13(23-15)16(18,19)20)11-4-3-9-25(10-11)14-12(17)5-2-7-21-14/h2,5-8,11H,3-4,9-10H2,1H3. The molecule has 25 heavy (non-hydrogen) atoms. The van der Waals surface area contributed by atoms with Gasteiger partial charge in [-0.3, -0.25) is 0 Å². The van der Waals surface area contributed by atoms with Crippen LogP contribution in [0.15, 0.2) is 35.1 Å². The third kappa shape index (κ3) is 4.02. The number of rotatable bonds is 3. The van der Waals surface area contributed by atoms with Crippen LogP contribution in [0.1, 0.15) is 18.5 Å². The number of piperidine rings is 1. The Kier molecular flexibility index (Phi) is 5.12. The van der Waals surface area contributed by atoms with Crippen molar-refractivity contribution in [3.05, 3.63) is 40.8 Å². The van der Waals surface area contributed by atoms with Gasteiger partial charge < -0.3 is 9.80 Å². The summed E-state index contributed by atoms with van der Waals surface area (Å²) in [6.45, 7) is 1.50. The third-order valence-corrected chi connectivity index (χ3v) is 4.85. The molecule has 2 aromatic heterocycles. The van der Waals surface area contributed by atoms with Crippen molar-refractivity contribution in [3.63, 3.8) is 0 Å². The SMILES string of the molecule is CN(c1nccc(C(F)(F)F)n1)C1CCCN(c2ncccc2Br)C1. The maximum atomic E-state index is 12.9.